The van der Waals surface area contributed by atoms with Gasteiger partial charge in [-0.15, -0.1) is 10.2 Å². The van der Waals surface area contributed by atoms with Gasteiger partial charge < -0.3 is 5.32 Å². The zero-order valence-electron chi connectivity index (χ0n) is 19.1. The number of carbonyl (C=O) groups excluding carboxylic acids is 1. The Kier molecular flexibility index (Phi) is 6.62. The molecule has 0 bridgehead atoms. The molecule has 0 atom stereocenters. The molecule has 0 unspecified atom stereocenters. The smallest absolute Gasteiger partial charge is 0.224 e. The van der Waals surface area contributed by atoms with Gasteiger partial charge in [0.2, 0.25) is 11.1 Å². The van der Waals surface area contributed by atoms with Crippen LogP contribution in [0.4, 0.5) is 5.69 Å². The maximum atomic E-state index is 12.1. The SMILES string of the molecule is CCCCCC(=O)Nc1ccc(C2=CSc3nnc(Cc4cccc5ccccc45)n3N2)cc1. The molecule has 0 radical (unpaired) electrons. The zero-order valence-corrected chi connectivity index (χ0v) is 19.9. The minimum Gasteiger partial charge on any atom is -0.326 e. The molecule has 1 aliphatic heterocycles. The second kappa shape index (κ2) is 10.1. The van der Waals surface area contributed by atoms with Crippen LogP contribution in [0.15, 0.2) is 77.3 Å². The van der Waals surface area contributed by atoms with Crippen LogP contribution >= 0.6 is 11.8 Å². The van der Waals surface area contributed by atoms with Gasteiger partial charge in [0.1, 0.15) is 0 Å². The fourth-order valence-corrected chi connectivity index (χ4v) is 4.86. The summed E-state index contributed by atoms with van der Waals surface area (Å²) in [5.41, 5.74) is 7.51. The van der Waals surface area contributed by atoms with E-state index in [2.05, 4.69) is 70.3 Å². The number of unbranched alkanes of at least 4 members (excludes halogenated alkanes) is 2. The van der Waals surface area contributed by atoms with E-state index in [-0.39, 0.29) is 5.91 Å². The molecule has 2 heterocycles. The molecule has 34 heavy (non-hydrogen) atoms. The van der Waals surface area contributed by atoms with Crippen molar-refractivity contribution in [2.24, 2.45) is 0 Å². The van der Waals surface area contributed by atoms with E-state index < -0.39 is 0 Å². The summed E-state index contributed by atoms with van der Waals surface area (Å²) in [6.45, 7) is 2.14. The lowest BCUT2D eigenvalue weighted by Crippen LogP contribution is -2.20. The summed E-state index contributed by atoms with van der Waals surface area (Å²) in [5, 5.41) is 17.1. The molecule has 5 rings (SSSR count). The lowest BCUT2D eigenvalue weighted by Gasteiger charge is -2.19. The van der Waals surface area contributed by atoms with Crippen molar-refractivity contribution in [3.05, 3.63) is 89.1 Å². The predicted octanol–water partition coefficient (Wildman–Crippen LogP) is 6.19. The summed E-state index contributed by atoms with van der Waals surface area (Å²) < 4.78 is 1.96. The third kappa shape index (κ3) is 4.84. The highest BCUT2D eigenvalue weighted by Gasteiger charge is 2.19. The monoisotopic (exact) mass is 469 g/mol. The molecule has 1 aliphatic rings. The van der Waals surface area contributed by atoms with Gasteiger partial charge in [0, 0.05) is 29.5 Å². The van der Waals surface area contributed by atoms with E-state index in [1.807, 2.05) is 34.3 Å². The van der Waals surface area contributed by atoms with Gasteiger partial charge in [-0.3, -0.25) is 10.2 Å². The highest BCUT2D eigenvalue weighted by molar-refractivity contribution is 8.02. The standard InChI is InChI=1S/C27H27N5OS/c1-2-3-4-12-26(33)28-22-15-13-20(14-16-22)24-18-34-27-30-29-25(32(27)31-24)17-21-10-7-9-19-8-5-6-11-23(19)21/h5-11,13-16,18,31H,2-4,12,17H2,1H3,(H,28,33). The predicted molar refractivity (Wildman–Crippen MR) is 139 cm³/mol. The summed E-state index contributed by atoms with van der Waals surface area (Å²) in [5.74, 6) is 0.930. The Balaban J connectivity index is 1.29. The number of nitrogens with one attached hydrogen (secondary N) is 2. The molecule has 1 aromatic heterocycles. The number of aromatic nitrogens is 3. The first-order chi connectivity index (χ1) is 16.7. The molecule has 0 aliphatic carbocycles. The number of carbonyl (C=O) groups is 1. The van der Waals surface area contributed by atoms with Crippen LogP contribution in [-0.2, 0) is 11.2 Å². The minimum atomic E-state index is 0.0685. The Hall–Kier alpha value is -3.58. The second-order valence-corrected chi connectivity index (χ2v) is 9.23. The van der Waals surface area contributed by atoms with Gasteiger partial charge in [-0.25, -0.2) is 4.68 Å². The first kappa shape index (κ1) is 22.2. The Morgan fingerprint density at radius 2 is 1.82 bits per heavy atom. The van der Waals surface area contributed by atoms with Crippen LogP contribution in [0.5, 0.6) is 0 Å². The van der Waals surface area contributed by atoms with Crippen molar-refractivity contribution in [2.45, 2.75) is 44.2 Å². The van der Waals surface area contributed by atoms with Crippen molar-refractivity contribution in [2.75, 3.05) is 10.7 Å². The number of rotatable bonds is 8. The molecule has 0 fully saturated rings. The molecule has 0 saturated carbocycles. The topological polar surface area (TPSA) is 71.8 Å². The lowest BCUT2D eigenvalue weighted by molar-refractivity contribution is -0.116. The Morgan fingerprint density at radius 1 is 1.00 bits per heavy atom. The van der Waals surface area contributed by atoms with Crippen molar-refractivity contribution in [1.82, 2.24) is 14.9 Å². The third-order valence-electron chi connectivity index (χ3n) is 5.93. The highest BCUT2D eigenvalue weighted by atomic mass is 32.2. The molecule has 7 heteroatoms. The summed E-state index contributed by atoms with van der Waals surface area (Å²) in [4.78, 5) is 12.1. The van der Waals surface area contributed by atoms with E-state index in [1.165, 1.54) is 16.3 Å². The number of nitrogens with zero attached hydrogens (tertiary/aromatic N) is 3. The highest BCUT2D eigenvalue weighted by Crippen LogP contribution is 2.30. The molecule has 172 valence electrons. The number of anilines is 1. The summed E-state index contributed by atoms with van der Waals surface area (Å²) >= 11 is 1.55. The van der Waals surface area contributed by atoms with Crippen LogP contribution in [-0.4, -0.2) is 20.8 Å². The number of hydrogen-bond acceptors (Lipinski definition) is 5. The lowest BCUT2D eigenvalue weighted by atomic mass is 10.0. The summed E-state index contributed by atoms with van der Waals surface area (Å²) in [7, 11) is 0. The van der Waals surface area contributed by atoms with Gasteiger partial charge in [0.15, 0.2) is 5.82 Å². The van der Waals surface area contributed by atoms with E-state index in [9.17, 15) is 4.79 Å². The van der Waals surface area contributed by atoms with Gasteiger partial charge in [-0.2, -0.15) is 0 Å². The van der Waals surface area contributed by atoms with Crippen LogP contribution < -0.4 is 10.7 Å². The van der Waals surface area contributed by atoms with Gasteiger partial charge in [-0.05, 0) is 34.9 Å². The van der Waals surface area contributed by atoms with E-state index in [4.69, 9.17) is 0 Å². The Morgan fingerprint density at radius 3 is 2.68 bits per heavy atom. The molecule has 6 nitrogen and oxygen atoms in total. The Bertz CT molecular complexity index is 1340. The number of fused-ring (bicyclic) bond motifs is 2. The average Bonchev–Trinajstić information content (AvgIpc) is 3.27. The summed E-state index contributed by atoms with van der Waals surface area (Å²) in [6, 6.07) is 22.7. The van der Waals surface area contributed by atoms with Gasteiger partial charge in [0.05, 0.1) is 5.70 Å². The average molecular weight is 470 g/mol. The van der Waals surface area contributed by atoms with E-state index >= 15 is 0 Å². The fourth-order valence-electron chi connectivity index (χ4n) is 4.10. The molecule has 2 N–H and O–H groups in total. The van der Waals surface area contributed by atoms with Crippen LogP contribution in [0.3, 0.4) is 0 Å². The zero-order chi connectivity index (χ0) is 23.3. The maximum Gasteiger partial charge on any atom is 0.224 e. The van der Waals surface area contributed by atoms with Crippen LogP contribution in [0.25, 0.3) is 16.5 Å². The number of benzene rings is 3. The molecule has 1 amide bonds. The summed E-state index contributed by atoms with van der Waals surface area (Å²) in [6.07, 6.45) is 4.36. The minimum absolute atomic E-state index is 0.0685. The largest absolute Gasteiger partial charge is 0.326 e. The third-order valence-corrected chi connectivity index (χ3v) is 6.76. The second-order valence-electron chi connectivity index (χ2n) is 8.39. The van der Waals surface area contributed by atoms with Gasteiger partial charge >= 0.3 is 0 Å². The van der Waals surface area contributed by atoms with Crippen LogP contribution in [0.1, 0.15) is 49.6 Å². The first-order valence-corrected chi connectivity index (χ1v) is 12.5. The molecular weight excluding hydrogens is 442 g/mol. The van der Waals surface area contributed by atoms with Crippen molar-refractivity contribution < 1.29 is 4.79 Å². The van der Waals surface area contributed by atoms with Crippen molar-refractivity contribution in [1.29, 1.82) is 0 Å². The number of thioether (sulfide) groups is 1. The van der Waals surface area contributed by atoms with E-state index in [0.717, 1.165) is 47.2 Å². The fraction of sp³-hybridized carbons (Fsp3) is 0.222. The van der Waals surface area contributed by atoms with Crippen LogP contribution in [0, 0.1) is 0 Å². The van der Waals surface area contributed by atoms with Crippen molar-refractivity contribution in [3.63, 3.8) is 0 Å². The number of hydrogen-bond donors (Lipinski definition) is 2. The van der Waals surface area contributed by atoms with Crippen molar-refractivity contribution >= 4 is 39.8 Å². The van der Waals surface area contributed by atoms with Crippen molar-refractivity contribution in [3.8, 4) is 0 Å². The Labute approximate surface area is 203 Å². The maximum absolute atomic E-state index is 12.1. The first-order valence-electron chi connectivity index (χ1n) is 11.7. The van der Waals surface area contributed by atoms with Gasteiger partial charge in [-0.1, -0.05) is 86.1 Å². The van der Waals surface area contributed by atoms with E-state index in [0.29, 0.717) is 12.8 Å². The van der Waals surface area contributed by atoms with Crippen LogP contribution in [0.2, 0.25) is 0 Å². The molecular formula is C27H27N5OS. The molecule has 3 aromatic carbocycles. The molecule has 0 spiro atoms. The molecule has 4 aromatic rings. The number of amides is 1. The normalized spacial score (nSPS) is 12.7. The van der Waals surface area contributed by atoms with E-state index in [1.54, 1.807) is 11.8 Å². The molecule has 0 saturated heterocycles. The quantitative estimate of drug-likeness (QED) is 0.301. The van der Waals surface area contributed by atoms with Gasteiger partial charge in [0.25, 0.3) is 0 Å².